The summed E-state index contributed by atoms with van der Waals surface area (Å²) in [6.07, 6.45) is 2.29. The summed E-state index contributed by atoms with van der Waals surface area (Å²) in [5.74, 6) is 0.0967. The molecular formula is C10H21NO3S. The third-order valence-corrected chi connectivity index (χ3v) is 4.00. The SMILES string of the molecule is CCCCC(=O)N[C@H](C)CS(=O)(=O)CC. The van der Waals surface area contributed by atoms with Crippen molar-refractivity contribution in [1.29, 1.82) is 0 Å². The van der Waals surface area contributed by atoms with Crippen LogP contribution in [0.2, 0.25) is 0 Å². The second-order valence-electron chi connectivity index (χ2n) is 3.77. The fourth-order valence-electron chi connectivity index (χ4n) is 1.22. The number of rotatable bonds is 7. The van der Waals surface area contributed by atoms with Gasteiger partial charge in [-0.2, -0.15) is 0 Å². The summed E-state index contributed by atoms with van der Waals surface area (Å²) < 4.78 is 22.5. The highest BCUT2D eigenvalue weighted by molar-refractivity contribution is 7.91. The van der Waals surface area contributed by atoms with Gasteiger partial charge in [-0.05, 0) is 13.3 Å². The van der Waals surface area contributed by atoms with Gasteiger partial charge in [0, 0.05) is 18.2 Å². The Morgan fingerprint density at radius 3 is 2.40 bits per heavy atom. The first-order chi connectivity index (χ1) is 6.91. The van der Waals surface area contributed by atoms with E-state index >= 15 is 0 Å². The molecule has 0 aromatic heterocycles. The number of carbonyl (C=O) groups excluding carboxylic acids is 1. The largest absolute Gasteiger partial charge is 0.353 e. The van der Waals surface area contributed by atoms with Crippen molar-refractivity contribution >= 4 is 15.7 Å². The Morgan fingerprint density at radius 2 is 1.93 bits per heavy atom. The van der Waals surface area contributed by atoms with Gasteiger partial charge in [0.1, 0.15) is 0 Å². The van der Waals surface area contributed by atoms with E-state index < -0.39 is 9.84 Å². The number of unbranched alkanes of at least 4 members (excludes halogenated alkanes) is 1. The standard InChI is InChI=1S/C10H21NO3S/c1-4-6-7-10(12)11-9(3)8-15(13,14)5-2/h9H,4-8H2,1-3H3,(H,11,12)/t9-/m1/s1. The van der Waals surface area contributed by atoms with E-state index in [1.54, 1.807) is 13.8 Å². The summed E-state index contributed by atoms with van der Waals surface area (Å²) in [7, 11) is -3.00. The molecule has 0 aliphatic heterocycles. The molecular weight excluding hydrogens is 214 g/mol. The maximum atomic E-state index is 11.3. The molecule has 0 bridgehead atoms. The van der Waals surface area contributed by atoms with Gasteiger partial charge in [-0.15, -0.1) is 0 Å². The molecule has 0 spiro atoms. The van der Waals surface area contributed by atoms with Crippen LogP contribution in [0.25, 0.3) is 0 Å². The van der Waals surface area contributed by atoms with Crippen LogP contribution in [0.3, 0.4) is 0 Å². The van der Waals surface area contributed by atoms with Crippen molar-refractivity contribution in [2.45, 2.75) is 46.1 Å². The minimum atomic E-state index is -3.00. The zero-order valence-corrected chi connectivity index (χ0v) is 10.6. The molecule has 0 rings (SSSR count). The van der Waals surface area contributed by atoms with Crippen LogP contribution in [0.4, 0.5) is 0 Å². The molecule has 0 heterocycles. The van der Waals surface area contributed by atoms with E-state index in [9.17, 15) is 13.2 Å². The summed E-state index contributed by atoms with van der Waals surface area (Å²) in [6, 6.07) is -0.292. The number of hydrogen-bond acceptors (Lipinski definition) is 3. The lowest BCUT2D eigenvalue weighted by molar-refractivity contribution is -0.121. The molecule has 0 unspecified atom stereocenters. The van der Waals surface area contributed by atoms with Crippen LogP contribution in [0.1, 0.15) is 40.0 Å². The summed E-state index contributed by atoms with van der Waals surface area (Å²) in [6.45, 7) is 5.34. The zero-order chi connectivity index (χ0) is 11.9. The Labute approximate surface area is 92.4 Å². The Balaban J connectivity index is 3.93. The van der Waals surface area contributed by atoms with Gasteiger partial charge in [0.2, 0.25) is 5.91 Å². The Morgan fingerprint density at radius 1 is 1.33 bits per heavy atom. The smallest absolute Gasteiger partial charge is 0.220 e. The normalized spacial score (nSPS) is 13.5. The maximum absolute atomic E-state index is 11.3. The number of amides is 1. The van der Waals surface area contributed by atoms with Gasteiger partial charge in [-0.3, -0.25) is 4.79 Å². The van der Waals surface area contributed by atoms with Crippen molar-refractivity contribution < 1.29 is 13.2 Å². The average molecular weight is 235 g/mol. The summed E-state index contributed by atoms with van der Waals surface area (Å²) >= 11 is 0. The van der Waals surface area contributed by atoms with Gasteiger partial charge in [0.25, 0.3) is 0 Å². The average Bonchev–Trinajstić information content (AvgIpc) is 2.13. The molecule has 0 aromatic rings. The molecule has 1 amide bonds. The van der Waals surface area contributed by atoms with Gasteiger partial charge >= 0.3 is 0 Å². The first-order valence-electron chi connectivity index (χ1n) is 5.41. The van der Waals surface area contributed by atoms with Gasteiger partial charge in [-0.1, -0.05) is 20.3 Å². The van der Waals surface area contributed by atoms with Crippen LogP contribution in [-0.2, 0) is 14.6 Å². The third kappa shape index (κ3) is 7.36. The van der Waals surface area contributed by atoms with E-state index in [0.717, 1.165) is 12.8 Å². The topological polar surface area (TPSA) is 63.2 Å². The minimum Gasteiger partial charge on any atom is -0.353 e. The first-order valence-corrected chi connectivity index (χ1v) is 7.23. The minimum absolute atomic E-state index is 0.0291. The Bertz CT molecular complexity index is 285. The van der Waals surface area contributed by atoms with Crippen molar-refractivity contribution in [3.63, 3.8) is 0 Å². The van der Waals surface area contributed by atoms with Crippen molar-refractivity contribution in [3.05, 3.63) is 0 Å². The van der Waals surface area contributed by atoms with Gasteiger partial charge < -0.3 is 5.32 Å². The molecule has 0 radical (unpaired) electrons. The summed E-state index contributed by atoms with van der Waals surface area (Å²) in [5, 5.41) is 2.69. The van der Waals surface area contributed by atoms with Crippen LogP contribution in [0.15, 0.2) is 0 Å². The fourth-order valence-corrected chi connectivity index (χ4v) is 2.31. The third-order valence-electron chi connectivity index (χ3n) is 2.11. The first kappa shape index (κ1) is 14.4. The highest BCUT2D eigenvalue weighted by Crippen LogP contribution is 1.97. The predicted octanol–water partition coefficient (Wildman–Crippen LogP) is 1.12. The monoisotopic (exact) mass is 235 g/mol. The highest BCUT2D eigenvalue weighted by atomic mass is 32.2. The second kappa shape index (κ2) is 6.82. The lowest BCUT2D eigenvalue weighted by Gasteiger charge is -2.13. The van der Waals surface area contributed by atoms with Gasteiger partial charge in [0.15, 0.2) is 9.84 Å². The van der Waals surface area contributed by atoms with E-state index in [1.165, 1.54) is 0 Å². The number of carbonyl (C=O) groups is 1. The van der Waals surface area contributed by atoms with Gasteiger partial charge in [0.05, 0.1) is 5.75 Å². The number of sulfone groups is 1. The van der Waals surface area contributed by atoms with E-state index in [1.807, 2.05) is 6.92 Å². The Kier molecular flexibility index (Phi) is 6.56. The molecule has 15 heavy (non-hydrogen) atoms. The van der Waals surface area contributed by atoms with Crippen molar-refractivity contribution in [1.82, 2.24) is 5.32 Å². The number of hydrogen-bond donors (Lipinski definition) is 1. The second-order valence-corrected chi connectivity index (χ2v) is 6.17. The molecule has 0 saturated carbocycles. The quantitative estimate of drug-likeness (QED) is 0.719. The van der Waals surface area contributed by atoms with E-state index in [0.29, 0.717) is 6.42 Å². The molecule has 0 aliphatic rings. The van der Waals surface area contributed by atoms with E-state index in [-0.39, 0.29) is 23.5 Å². The lowest BCUT2D eigenvalue weighted by Crippen LogP contribution is -2.37. The van der Waals surface area contributed by atoms with Crippen LogP contribution < -0.4 is 5.32 Å². The zero-order valence-electron chi connectivity index (χ0n) is 9.75. The molecule has 5 heteroatoms. The Hall–Kier alpha value is -0.580. The molecule has 0 aromatic carbocycles. The molecule has 0 aliphatic carbocycles. The van der Waals surface area contributed by atoms with Crippen LogP contribution in [-0.4, -0.2) is 31.9 Å². The van der Waals surface area contributed by atoms with Crippen LogP contribution in [0, 0.1) is 0 Å². The van der Waals surface area contributed by atoms with Crippen LogP contribution >= 0.6 is 0 Å². The summed E-state index contributed by atoms with van der Waals surface area (Å²) in [4.78, 5) is 11.3. The summed E-state index contributed by atoms with van der Waals surface area (Å²) in [5.41, 5.74) is 0. The van der Waals surface area contributed by atoms with E-state index in [2.05, 4.69) is 5.32 Å². The lowest BCUT2D eigenvalue weighted by atomic mass is 10.2. The van der Waals surface area contributed by atoms with E-state index in [4.69, 9.17) is 0 Å². The maximum Gasteiger partial charge on any atom is 0.220 e. The van der Waals surface area contributed by atoms with Crippen molar-refractivity contribution in [2.24, 2.45) is 0 Å². The fraction of sp³-hybridized carbons (Fsp3) is 0.900. The molecule has 0 saturated heterocycles. The molecule has 1 N–H and O–H groups in total. The molecule has 4 nitrogen and oxygen atoms in total. The molecule has 0 fully saturated rings. The van der Waals surface area contributed by atoms with Crippen LogP contribution in [0.5, 0.6) is 0 Å². The van der Waals surface area contributed by atoms with Crippen molar-refractivity contribution in [2.75, 3.05) is 11.5 Å². The molecule has 90 valence electrons. The number of nitrogens with one attached hydrogen (secondary N) is 1. The molecule has 1 atom stereocenters. The van der Waals surface area contributed by atoms with Crippen molar-refractivity contribution in [3.8, 4) is 0 Å². The van der Waals surface area contributed by atoms with Gasteiger partial charge in [-0.25, -0.2) is 8.42 Å². The predicted molar refractivity (Wildman–Crippen MR) is 61.5 cm³/mol. The highest BCUT2D eigenvalue weighted by Gasteiger charge is 2.15.